The second kappa shape index (κ2) is 9.88. The zero-order valence-electron chi connectivity index (χ0n) is 21.6. The van der Waals surface area contributed by atoms with Gasteiger partial charge in [0.05, 0.1) is 39.6 Å². The zero-order chi connectivity index (χ0) is 26.2. The standard InChI is InChI=1S/C31H30N6O/c1-19(2)30-29-26(22-15-20-5-3-4-6-27(20)34-18-22)13-14-33-31(29)37(36-30)24-10-7-21(17-32)28(16-24)35-23-8-11-25(38)12-9-23/h3-7,10,13-16,18-19,23,25,35,38H,8-9,11-12H2,1-2H3. The van der Waals surface area contributed by atoms with E-state index in [1.165, 1.54) is 0 Å². The van der Waals surface area contributed by atoms with E-state index in [4.69, 9.17) is 15.1 Å². The molecule has 3 aromatic heterocycles. The molecule has 38 heavy (non-hydrogen) atoms. The first-order valence-electron chi connectivity index (χ1n) is 13.2. The van der Waals surface area contributed by atoms with Crippen LogP contribution in [0.3, 0.4) is 0 Å². The van der Waals surface area contributed by atoms with E-state index in [0.29, 0.717) is 5.56 Å². The molecule has 7 nitrogen and oxygen atoms in total. The van der Waals surface area contributed by atoms with Crippen molar-refractivity contribution in [3.05, 3.63) is 78.2 Å². The number of hydrogen-bond donors (Lipinski definition) is 2. The quantitative estimate of drug-likeness (QED) is 0.291. The summed E-state index contributed by atoms with van der Waals surface area (Å²) < 4.78 is 1.89. The lowest BCUT2D eigenvalue weighted by Gasteiger charge is -2.27. The van der Waals surface area contributed by atoms with E-state index in [-0.39, 0.29) is 18.1 Å². The van der Waals surface area contributed by atoms with Crippen LogP contribution in [0.2, 0.25) is 0 Å². The predicted octanol–water partition coefficient (Wildman–Crippen LogP) is 6.35. The number of aliphatic hydroxyl groups excluding tert-OH is 1. The molecule has 0 saturated heterocycles. The van der Waals surface area contributed by atoms with Crippen LogP contribution in [0, 0.1) is 11.3 Å². The van der Waals surface area contributed by atoms with Gasteiger partial charge in [0.15, 0.2) is 5.65 Å². The van der Waals surface area contributed by atoms with E-state index < -0.39 is 0 Å². The Kier molecular flexibility index (Phi) is 6.26. The highest BCUT2D eigenvalue weighted by atomic mass is 16.3. The van der Waals surface area contributed by atoms with Crippen molar-refractivity contribution < 1.29 is 5.11 Å². The monoisotopic (exact) mass is 502 g/mol. The Labute approximate surface area is 221 Å². The molecule has 190 valence electrons. The van der Waals surface area contributed by atoms with Crippen LogP contribution < -0.4 is 5.32 Å². The van der Waals surface area contributed by atoms with Gasteiger partial charge in [0.25, 0.3) is 0 Å². The van der Waals surface area contributed by atoms with Gasteiger partial charge in [-0.3, -0.25) is 4.98 Å². The van der Waals surface area contributed by atoms with Crippen molar-refractivity contribution in [1.29, 1.82) is 5.26 Å². The van der Waals surface area contributed by atoms with E-state index in [0.717, 1.165) is 75.8 Å². The summed E-state index contributed by atoms with van der Waals surface area (Å²) in [5.41, 5.74) is 7.02. The maximum absolute atomic E-state index is 9.89. The van der Waals surface area contributed by atoms with Gasteiger partial charge in [-0.25, -0.2) is 9.67 Å². The van der Waals surface area contributed by atoms with Crippen molar-refractivity contribution in [2.45, 2.75) is 57.6 Å². The summed E-state index contributed by atoms with van der Waals surface area (Å²) in [6.45, 7) is 4.29. The van der Waals surface area contributed by atoms with Crippen LogP contribution in [0.25, 0.3) is 38.8 Å². The number of pyridine rings is 2. The van der Waals surface area contributed by atoms with Gasteiger partial charge >= 0.3 is 0 Å². The molecule has 1 aliphatic rings. The molecule has 5 aromatic rings. The van der Waals surface area contributed by atoms with Gasteiger partial charge in [-0.2, -0.15) is 10.4 Å². The molecule has 1 aliphatic carbocycles. The van der Waals surface area contributed by atoms with Crippen molar-refractivity contribution in [3.63, 3.8) is 0 Å². The number of nitrogens with zero attached hydrogens (tertiary/aromatic N) is 5. The van der Waals surface area contributed by atoms with Gasteiger partial charge in [-0.15, -0.1) is 0 Å². The number of aliphatic hydroxyl groups is 1. The predicted molar refractivity (Wildman–Crippen MR) is 150 cm³/mol. The summed E-state index contributed by atoms with van der Waals surface area (Å²) >= 11 is 0. The maximum Gasteiger partial charge on any atom is 0.163 e. The normalized spacial score (nSPS) is 17.7. The first kappa shape index (κ1) is 24.1. The van der Waals surface area contributed by atoms with E-state index in [1.54, 1.807) is 0 Å². The summed E-state index contributed by atoms with van der Waals surface area (Å²) in [7, 11) is 0. The van der Waals surface area contributed by atoms with Crippen LogP contribution in [0.15, 0.2) is 67.0 Å². The summed E-state index contributed by atoms with van der Waals surface area (Å²) in [5, 5.41) is 30.4. The highest BCUT2D eigenvalue weighted by Gasteiger charge is 2.22. The number of nitriles is 1. The van der Waals surface area contributed by atoms with Crippen molar-refractivity contribution in [3.8, 4) is 22.9 Å². The topological polar surface area (TPSA) is 99.7 Å². The fourth-order valence-electron chi connectivity index (χ4n) is 5.43. The molecule has 0 spiro atoms. The number of anilines is 1. The Bertz CT molecular complexity index is 1670. The fourth-order valence-corrected chi connectivity index (χ4v) is 5.43. The lowest BCUT2D eigenvalue weighted by molar-refractivity contribution is 0.126. The molecule has 2 N–H and O–H groups in total. The third-order valence-electron chi connectivity index (χ3n) is 7.47. The zero-order valence-corrected chi connectivity index (χ0v) is 21.6. The van der Waals surface area contributed by atoms with Crippen LogP contribution in [0.5, 0.6) is 0 Å². The van der Waals surface area contributed by atoms with E-state index in [1.807, 2.05) is 59.5 Å². The lowest BCUT2D eigenvalue weighted by atomic mass is 9.93. The molecule has 0 bridgehead atoms. The molecule has 2 aromatic carbocycles. The van der Waals surface area contributed by atoms with Crippen molar-refractivity contribution >= 4 is 27.6 Å². The molecule has 0 aliphatic heterocycles. The Hall–Kier alpha value is -4.28. The number of rotatable bonds is 5. The van der Waals surface area contributed by atoms with E-state index in [9.17, 15) is 10.4 Å². The summed E-state index contributed by atoms with van der Waals surface area (Å²) in [4.78, 5) is 9.46. The van der Waals surface area contributed by atoms with Gasteiger partial charge < -0.3 is 10.4 Å². The minimum atomic E-state index is -0.224. The average Bonchev–Trinajstić information content (AvgIpc) is 3.34. The number of hydrogen-bond acceptors (Lipinski definition) is 6. The van der Waals surface area contributed by atoms with Crippen LogP contribution in [-0.2, 0) is 0 Å². The third kappa shape index (κ3) is 4.37. The van der Waals surface area contributed by atoms with Crippen LogP contribution in [0.4, 0.5) is 5.69 Å². The molecular weight excluding hydrogens is 472 g/mol. The first-order valence-corrected chi connectivity index (χ1v) is 13.2. The van der Waals surface area contributed by atoms with Crippen LogP contribution in [-0.4, -0.2) is 37.0 Å². The Morgan fingerprint density at radius 3 is 2.63 bits per heavy atom. The minimum absolute atomic E-state index is 0.180. The number of para-hydroxylation sites is 1. The van der Waals surface area contributed by atoms with Gasteiger partial charge in [0.1, 0.15) is 6.07 Å². The minimum Gasteiger partial charge on any atom is -0.393 e. The number of fused-ring (bicyclic) bond motifs is 2. The number of benzene rings is 2. The molecule has 0 amide bonds. The van der Waals surface area contributed by atoms with E-state index in [2.05, 4.69) is 37.4 Å². The smallest absolute Gasteiger partial charge is 0.163 e. The summed E-state index contributed by atoms with van der Waals surface area (Å²) in [6, 6.07) is 20.6. The largest absolute Gasteiger partial charge is 0.393 e. The van der Waals surface area contributed by atoms with Gasteiger partial charge in [0.2, 0.25) is 0 Å². The molecule has 6 rings (SSSR count). The molecule has 3 heterocycles. The SMILES string of the molecule is CC(C)c1nn(-c2ccc(C#N)c(NC3CCC(O)CC3)c2)c2nccc(-c3cnc4ccccc4c3)c12. The second-order valence-electron chi connectivity index (χ2n) is 10.4. The van der Waals surface area contributed by atoms with Crippen LogP contribution >= 0.6 is 0 Å². The van der Waals surface area contributed by atoms with Crippen LogP contribution in [0.1, 0.15) is 56.7 Å². The van der Waals surface area contributed by atoms with Gasteiger partial charge in [-0.05, 0) is 73.6 Å². The molecule has 0 atom stereocenters. The summed E-state index contributed by atoms with van der Waals surface area (Å²) in [5.74, 6) is 0.180. The molecule has 0 radical (unpaired) electrons. The fraction of sp³-hybridized carbons (Fsp3) is 0.290. The Morgan fingerprint density at radius 2 is 1.84 bits per heavy atom. The van der Waals surface area contributed by atoms with Crippen molar-refractivity contribution in [2.75, 3.05) is 5.32 Å². The molecule has 0 unspecified atom stereocenters. The lowest BCUT2D eigenvalue weighted by Crippen LogP contribution is -2.28. The average molecular weight is 503 g/mol. The highest BCUT2D eigenvalue weighted by molar-refractivity contribution is 5.97. The molecule has 1 fully saturated rings. The van der Waals surface area contributed by atoms with Crippen molar-refractivity contribution in [2.24, 2.45) is 0 Å². The molecule has 7 heteroatoms. The van der Waals surface area contributed by atoms with E-state index >= 15 is 0 Å². The Morgan fingerprint density at radius 1 is 1.03 bits per heavy atom. The molecular formula is C31H30N6O. The second-order valence-corrected chi connectivity index (χ2v) is 10.4. The van der Waals surface area contributed by atoms with Gasteiger partial charge in [-0.1, -0.05) is 32.0 Å². The highest BCUT2D eigenvalue weighted by Crippen LogP contribution is 2.36. The number of nitrogens with one attached hydrogen (secondary N) is 1. The summed E-state index contributed by atoms with van der Waals surface area (Å²) in [6.07, 6.45) is 6.83. The Balaban J connectivity index is 1.47. The first-order chi connectivity index (χ1) is 18.5. The third-order valence-corrected chi connectivity index (χ3v) is 7.47. The number of aromatic nitrogens is 4. The van der Waals surface area contributed by atoms with Crippen molar-refractivity contribution in [1.82, 2.24) is 19.7 Å². The maximum atomic E-state index is 9.89. The molecule has 1 saturated carbocycles. The van der Waals surface area contributed by atoms with Gasteiger partial charge in [0, 0.05) is 29.4 Å².